The topological polar surface area (TPSA) is 31.2 Å². The van der Waals surface area contributed by atoms with Gasteiger partial charge in [0.1, 0.15) is 0 Å². The van der Waals surface area contributed by atoms with Gasteiger partial charge in [-0.25, -0.2) is 4.79 Å². The predicted molar refractivity (Wildman–Crippen MR) is 102 cm³/mol. The van der Waals surface area contributed by atoms with Gasteiger partial charge < -0.3 is 9.30 Å². The van der Waals surface area contributed by atoms with Crippen LogP contribution in [0.15, 0.2) is 18.2 Å². The van der Waals surface area contributed by atoms with Gasteiger partial charge in [-0.15, -0.1) is 0 Å². The maximum Gasteiger partial charge on any atom is 0.340 e. The highest BCUT2D eigenvalue weighted by Crippen LogP contribution is 2.35. The summed E-state index contributed by atoms with van der Waals surface area (Å²) in [4.78, 5) is 12.4. The monoisotopic (exact) mass is 391 g/mol. The average Bonchev–Trinajstić information content (AvgIpc) is 2.75. The summed E-state index contributed by atoms with van der Waals surface area (Å²) in [5, 5.41) is 1.65. The van der Waals surface area contributed by atoms with E-state index in [-0.39, 0.29) is 5.97 Å². The lowest BCUT2D eigenvalue weighted by atomic mass is 9.91. The molecule has 1 aliphatic carbocycles. The van der Waals surface area contributed by atoms with Crippen molar-refractivity contribution in [1.82, 2.24) is 4.57 Å². The van der Waals surface area contributed by atoms with E-state index in [1.165, 1.54) is 44.1 Å². The van der Waals surface area contributed by atoms with E-state index in [0.717, 1.165) is 16.6 Å². The van der Waals surface area contributed by atoms with E-state index in [1.54, 1.807) is 0 Å². The van der Waals surface area contributed by atoms with E-state index in [1.807, 2.05) is 14.0 Å². The van der Waals surface area contributed by atoms with Gasteiger partial charge in [0.2, 0.25) is 0 Å². The number of esters is 1. The first-order chi connectivity index (χ1) is 11.7. The Hall–Kier alpha value is -1.29. The molecule has 4 heteroatoms. The van der Waals surface area contributed by atoms with Crippen molar-refractivity contribution in [3.63, 3.8) is 0 Å². The normalized spacial score (nSPS) is 16.3. The summed E-state index contributed by atoms with van der Waals surface area (Å²) in [5.41, 5.74) is 4.25. The number of carbonyl (C=O) groups is 1. The van der Waals surface area contributed by atoms with Gasteiger partial charge in [-0.3, -0.25) is 0 Å². The Kier molecular flexibility index (Phi) is 5.65. The van der Waals surface area contributed by atoms with Crippen LogP contribution in [0.4, 0.5) is 0 Å². The number of carbonyl (C=O) groups excluding carboxylic acids is 1. The third kappa shape index (κ3) is 3.26. The lowest BCUT2D eigenvalue weighted by Gasteiger charge is -2.15. The number of halogens is 1. The first-order valence-electron chi connectivity index (χ1n) is 9.01. The van der Waals surface area contributed by atoms with Gasteiger partial charge in [-0.1, -0.05) is 53.7 Å². The highest BCUT2D eigenvalue weighted by molar-refractivity contribution is 9.08. The highest BCUT2D eigenvalue weighted by atomic mass is 79.9. The molecule has 3 nitrogen and oxygen atoms in total. The second kappa shape index (κ2) is 7.73. The number of nitrogens with zero attached hydrogens (tertiary/aromatic N) is 1. The van der Waals surface area contributed by atoms with Crippen molar-refractivity contribution in [2.75, 3.05) is 6.61 Å². The molecule has 3 rings (SSSR count). The Labute approximate surface area is 152 Å². The zero-order valence-corrected chi connectivity index (χ0v) is 16.2. The third-order valence-corrected chi connectivity index (χ3v) is 5.81. The second-order valence-corrected chi connectivity index (χ2v) is 7.26. The number of ether oxygens (including phenoxy) is 1. The molecule has 2 aromatic rings. The predicted octanol–water partition coefficient (Wildman–Crippen LogP) is 5.69. The lowest BCUT2D eigenvalue weighted by molar-refractivity contribution is 0.0527. The number of benzene rings is 1. The fraction of sp³-hybridized carbons (Fsp3) is 0.550. The largest absolute Gasteiger partial charge is 0.462 e. The third-order valence-electron chi connectivity index (χ3n) is 5.28. The van der Waals surface area contributed by atoms with Crippen molar-refractivity contribution in [2.24, 2.45) is 7.05 Å². The molecule has 0 spiro atoms. The van der Waals surface area contributed by atoms with Gasteiger partial charge in [0.15, 0.2) is 0 Å². The molecule has 1 aromatic heterocycles. The fourth-order valence-electron chi connectivity index (χ4n) is 3.96. The van der Waals surface area contributed by atoms with E-state index in [9.17, 15) is 4.79 Å². The maximum atomic E-state index is 12.4. The molecule has 0 N–H and O–H groups in total. The van der Waals surface area contributed by atoms with E-state index in [4.69, 9.17) is 4.74 Å². The van der Waals surface area contributed by atoms with Crippen LogP contribution in [0.5, 0.6) is 0 Å². The van der Waals surface area contributed by atoms with E-state index >= 15 is 0 Å². The quantitative estimate of drug-likeness (QED) is 0.380. The molecular weight excluding hydrogens is 366 g/mol. The second-order valence-electron chi connectivity index (χ2n) is 6.70. The Bertz CT molecular complexity index is 727. The summed E-state index contributed by atoms with van der Waals surface area (Å²) in [7, 11) is 2.04. The molecule has 1 aromatic carbocycles. The smallest absolute Gasteiger partial charge is 0.340 e. The standard InChI is InChI=1S/C20H26BrNO2/c1-3-24-20(23)19-16-11-10-15(14-8-6-4-5-7-9-14)12-17(16)22(2)18(19)13-21/h10-12,14H,3-9,13H2,1-2H3. The minimum Gasteiger partial charge on any atom is -0.462 e. The summed E-state index contributed by atoms with van der Waals surface area (Å²) in [6.45, 7) is 2.25. The van der Waals surface area contributed by atoms with Crippen molar-refractivity contribution >= 4 is 32.8 Å². The first-order valence-corrected chi connectivity index (χ1v) is 10.1. The Morgan fingerprint density at radius 3 is 2.58 bits per heavy atom. The van der Waals surface area contributed by atoms with Gasteiger partial charge in [0, 0.05) is 29.0 Å². The van der Waals surface area contributed by atoms with Gasteiger partial charge in [0.05, 0.1) is 12.2 Å². The zero-order chi connectivity index (χ0) is 17.1. The molecule has 1 fully saturated rings. The molecule has 0 atom stereocenters. The van der Waals surface area contributed by atoms with Crippen LogP contribution in [0.1, 0.15) is 73.0 Å². The van der Waals surface area contributed by atoms with Crippen molar-refractivity contribution < 1.29 is 9.53 Å². The number of aryl methyl sites for hydroxylation is 1. The van der Waals surface area contributed by atoms with Crippen LogP contribution >= 0.6 is 15.9 Å². The SMILES string of the molecule is CCOC(=O)c1c(CBr)n(C)c2cc(C3CCCCCC3)ccc12. The molecule has 1 heterocycles. The molecule has 24 heavy (non-hydrogen) atoms. The molecule has 0 bridgehead atoms. The van der Waals surface area contributed by atoms with Crippen LogP contribution in [0.2, 0.25) is 0 Å². The Morgan fingerprint density at radius 1 is 1.25 bits per heavy atom. The number of fused-ring (bicyclic) bond motifs is 1. The van der Waals surface area contributed by atoms with Gasteiger partial charge in [-0.2, -0.15) is 0 Å². The van der Waals surface area contributed by atoms with Crippen LogP contribution in [-0.2, 0) is 17.1 Å². The summed E-state index contributed by atoms with van der Waals surface area (Å²) in [5.74, 6) is 0.435. The number of alkyl halides is 1. The molecule has 0 aliphatic heterocycles. The fourth-order valence-corrected chi connectivity index (χ4v) is 4.62. The van der Waals surface area contributed by atoms with Crippen molar-refractivity contribution in [3.8, 4) is 0 Å². The number of hydrogen-bond donors (Lipinski definition) is 0. The van der Waals surface area contributed by atoms with E-state index < -0.39 is 0 Å². The summed E-state index contributed by atoms with van der Waals surface area (Å²) in [6.07, 6.45) is 7.96. The van der Waals surface area contributed by atoms with Crippen LogP contribution in [-0.4, -0.2) is 17.1 Å². The molecule has 0 saturated heterocycles. The molecule has 1 saturated carbocycles. The Balaban J connectivity index is 2.06. The minimum absolute atomic E-state index is 0.222. The van der Waals surface area contributed by atoms with Gasteiger partial charge >= 0.3 is 5.97 Å². The van der Waals surface area contributed by atoms with E-state index in [2.05, 4.69) is 38.7 Å². The zero-order valence-electron chi connectivity index (χ0n) is 14.6. The molecule has 1 aliphatic rings. The van der Waals surface area contributed by atoms with Crippen molar-refractivity contribution in [1.29, 1.82) is 0 Å². The van der Waals surface area contributed by atoms with Crippen LogP contribution in [0, 0.1) is 0 Å². The molecule has 0 radical (unpaired) electrons. The highest BCUT2D eigenvalue weighted by Gasteiger charge is 2.23. The number of rotatable bonds is 4. The molecule has 0 amide bonds. The maximum absolute atomic E-state index is 12.4. The summed E-state index contributed by atoms with van der Waals surface area (Å²) < 4.78 is 7.42. The minimum atomic E-state index is -0.222. The van der Waals surface area contributed by atoms with Crippen LogP contribution < -0.4 is 0 Å². The van der Waals surface area contributed by atoms with Gasteiger partial charge in [0.25, 0.3) is 0 Å². The number of hydrogen-bond acceptors (Lipinski definition) is 2. The lowest BCUT2D eigenvalue weighted by Crippen LogP contribution is -2.07. The summed E-state index contributed by atoms with van der Waals surface area (Å²) in [6, 6.07) is 6.63. The van der Waals surface area contributed by atoms with Crippen molar-refractivity contribution in [2.45, 2.75) is 56.7 Å². The van der Waals surface area contributed by atoms with E-state index in [0.29, 0.717) is 23.4 Å². The molecule has 130 valence electrons. The molecule has 0 unspecified atom stereocenters. The van der Waals surface area contributed by atoms with Crippen molar-refractivity contribution in [3.05, 3.63) is 35.0 Å². The van der Waals surface area contributed by atoms with Gasteiger partial charge in [-0.05, 0) is 37.3 Å². The summed E-state index contributed by atoms with van der Waals surface area (Å²) >= 11 is 3.53. The van der Waals surface area contributed by atoms with Crippen LogP contribution in [0.25, 0.3) is 10.9 Å². The Morgan fingerprint density at radius 2 is 1.96 bits per heavy atom. The molecular formula is C20H26BrNO2. The first kappa shape index (κ1) is 17.5. The average molecular weight is 392 g/mol. The van der Waals surface area contributed by atoms with Crippen LogP contribution in [0.3, 0.4) is 0 Å². The number of aromatic nitrogens is 1.